The number of carbonyl (C=O) groups is 1. The maximum atomic E-state index is 13.2. The van der Waals surface area contributed by atoms with E-state index < -0.39 is 10.0 Å². The highest BCUT2D eigenvalue weighted by molar-refractivity contribution is 7.89. The zero-order valence-corrected chi connectivity index (χ0v) is 19.9. The first kappa shape index (κ1) is 24.3. The van der Waals surface area contributed by atoms with Gasteiger partial charge in [-0.3, -0.25) is 9.69 Å². The average Bonchev–Trinajstić information content (AvgIpc) is 2.79. The summed E-state index contributed by atoms with van der Waals surface area (Å²) >= 11 is 5.91. The molecular weight excluding hydrogens is 454 g/mol. The molecule has 2 aromatic rings. The Morgan fingerprint density at radius 3 is 2.31 bits per heavy atom. The molecule has 8 nitrogen and oxygen atoms in total. The number of methoxy groups -OCH3 is 2. The predicted molar refractivity (Wildman–Crippen MR) is 123 cm³/mol. The number of piperazine rings is 1. The molecule has 0 bridgehead atoms. The highest BCUT2D eigenvalue weighted by atomic mass is 35.5. The van der Waals surface area contributed by atoms with Gasteiger partial charge in [-0.25, -0.2) is 8.42 Å². The first-order valence-corrected chi connectivity index (χ1v) is 12.1. The van der Waals surface area contributed by atoms with Gasteiger partial charge in [0.15, 0.2) is 0 Å². The standard InChI is InChI=1S/C22H28ClN3O5S/c1-16(17-4-6-18(23)7-5-17)24-22(27)15-25-10-12-26(13-11-25)32(28,29)21-14-19(30-2)8-9-20(21)31-3/h4-9,14,16H,10-13,15H2,1-3H3,(H,24,27). The number of halogens is 1. The van der Waals surface area contributed by atoms with Crippen molar-refractivity contribution in [1.82, 2.24) is 14.5 Å². The Kier molecular flexibility index (Phi) is 8.00. The van der Waals surface area contributed by atoms with E-state index in [1.54, 1.807) is 24.3 Å². The number of rotatable bonds is 8. The Bertz CT molecular complexity index is 1040. The van der Waals surface area contributed by atoms with E-state index in [-0.39, 0.29) is 42.2 Å². The molecule has 1 aliphatic heterocycles. The van der Waals surface area contributed by atoms with Gasteiger partial charge in [-0.15, -0.1) is 0 Å². The van der Waals surface area contributed by atoms with Gasteiger partial charge < -0.3 is 14.8 Å². The molecule has 32 heavy (non-hydrogen) atoms. The molecule has 1 fully saturated rings. The average molecular weight is 482 g/mol. The number of nitrogens with zero attached hydrogens (tertiary/aromatic N) is 2. The minimum Gasteiger partial charge on any atom is -0.497 e. The summed E-state index contributed by atoms with van der Waals surface area (Å²) in [7, 11) is -0.843. The number of amides is 1. The van der Waals surface area contributed by atoms with Crippen LogP contribution in [0.2, 0.25) is 5.02 Å². The Morgan fingerprint density at radius 1 is 1.06 bits per heavy atom. The number of benzene rings is 2. The summed E-state index contributed by atoms with van der Waals surface area (Å²) in [5.41, 5.74) is 0.964. The van der Waals surface area contributed by atoms with Crippen LogP contribution >= 0.6 is 11.6 Å². The lowest BCUT2D eigenvalue weighted by molar-refractivity contribution is -0.123. The van der Waals surface area contributed by atoms with Gasteiger partial charge in [-0.2, -0.15) is 4.31 Å². The fourth-order valence-electron chi connectivity index (χ4n) is 3.58. The topological polar surface area (TPSA) is 88.2 Å². The van der Waals surface area contributed by atoms with Crippen molar-refractivity contribution in [1.29, 1.82) is 0 Å². The van der Waals surface area contributed by atoms with Gasteiger partial charge >= 0.3 is 0 Å². The third-order valence-electron chi connectivity index (χ3n) is 5.43. The summed E-state index contributed by atoms with van der Waals surface area (Å²) in [5.74, 6) is 0.594. The molecule has 3 rings (SSSR count). The number of hydrogen-bond donors (Lipinski definition) is 1. The molecule has 174 valence electrons. The SMILES string of the molecule is COc1ccc(OC)c(S(=O)(=O)N2CCN(CC(=O)NC(C)c3ccc(Cl)cc3)CC2)c1. The van der Waals surface area contributed by atoms with Crippen molar-refractivity contribution < 1.29 is 22.7 Å². The van der Waals surface area contributed by atoms with Crippen LogP contribution in [0.5, 0.6) is 11.5 Å². The van der Waals surface area contributed by atoms with Gasteiger partial charge in [-0.1, -0.05) is 23.7 Å². The number of sulfonamides is 1. The van der Waals surface area contributed by atoms with E-state index in [0.29, 0.717) is 23.9 Å². The second kappa shape index (κ2) is 10.5. The second-order valence-corrected chi connectivity index (χ2v) is 9.88. The fourth-order valence-corrected chi connectivity index (χ4v) is 5.30. The largest absolute Gasteiger partial charge is 0.497 e. The lowest BCUT2D eigenvalue weighted by atomic mass is 10.1. The Morgan fingerprint density at radius 2 is 1.72 bits per heavy atom. The summed E-state index contributed by atoms with van der Waals surface area (Å²) in [6, 6.07) is 11.9. The molecule has 1 unspecified atom stereocenters. The van der Waals surface area contributed by atoms with E-state index in [9.17, 15) is 13.2 Å². The van der Waals surface area contributed by atoms with E-state index in [1.807, 2.05) is 24.0 Å². The number of nitrogens with one attached hydrogen (secondary N) is 1. The molecule has 1 heterocycles. The van der Waals surface area contributed by atoms with Crippen LogP contribution in [0.4, 0.5) is 0 Å². The molecule has 0 aromatic heterocycles. The molecule has 1 aliphatic rings. The monoisotopic (exact) mass is 481 g/mol. The molecule has 2 aromatic carbocycles. The van der Waals surface area contributed by atoms with Crippen molar-refractivity contribution in [2.45, 2.75) is 17.9 Å². The molecule has 10 heteroatoms. The van der Waals surface area contributed by atoms with E-state index in [4.69, 9.17) is 21.1 Å². The van der Waals surface area contributed by atoms with Gasteiger partial charge in [0.25, 0.3) is 0 Å². The van der Waals surface area contributed by atoms with Gasteiger partial charge in [-0.05, 0) is 36.8 Å². The third-order valence-corrected chi connectivity index (χ3v) is 7.61. The smallest absolute Gasteiger partial charge is 0.246 e. The zero-order valence-electron chi connectivity index (χ0n) is 18.4. The van der Waals surface area contributed by atoms with Crippen molar-refractivity contribution in [2.24, 2.45) is 0 Å². The van der Waals surface area contributed by atoms with Gasteiger partial charge in [0, 0.05) is 37.3 Å². The third kappa shape index (κ3) is 5.72. The van der Waals surface area contributed by atoms with E-state index >= 15 is 0 Å². The quantitative estimate of drug-likeness (QED) is 0.623. The van der Waals surface area contributed by atoms with Crippen molar-refractivity contribution in [2.75, 3.05) is 46.9 Å². The van der Waals surface area contributed by atoms with Gasteiger partial charge in [0.05, 0.1) is 26.8 Å². The number of hydrogen-bond acceptors (Lipinski definition) is 6. The van der Waals surface area contributed by atoms with E-state index in [1.165, 1.54) is 24.6 Å². The molecule has 1 N–H and O–H groups in total. The lowest BCUT2D eigenvalue weighted by Crippen LogP contribution is -2.51. The van der Waals surface area contributed by atoms with Crippen LogP contribution in [0, 0.1) is 0 Å². The summed E-state index contributed by atoms with van der Waals surface area (Å²) in [6.45, 7) is 3.58. The lowest BCUT2D eigenvalue weighted by Gasteiger charge is -2.34. The highest BCUT2D eigenvalue weighted by Crippen LogP contribution is 2.31. The molecule has 1 atom stereocenters. The molecule has 0 aliphatic carbocycles. The van der Waals surface area contributed by atoms with Crippen LogP contribution in [-0.4, -0.2) is 70.5 Å². The first-order chi connectivity index (χ1) is 15.2. The van der Waals surface area contributed by atoms with Crippen molar-refractivity contribution in [3.8, 4) is 11.5 Å². The zero-order chi connectivity index (χ0) is 23.3. The Hall–Kier alpha value is -2.33. The summed E-state index contributed by atoms with van der Waals surface area (Å²) < 4.78 is 38.2. The fraction of sp³-hybridized carbons (Fsp3) is 0.409. The van der Waals surface area contributed by atoms with Gasteiger partial charge in [0.2, 0.25) is 15.9 Å². The maximum absolute atomic E-state index is 13.2. The molecule has 1 saturated heterocycles. The van der Waals surface area contributed by atoms with Gasteiger partial charge in [0.1, 0.15) is 16.4 Å². The molecule has 0 radical (unpaired) electrons. The summed E-state index contributed by atoms with van der Waals surface area (Å²) in [6.07, 6.45) is 0. The molecule has 0 spiro atoms. The molecule has 1 amide bonds. The van der Waals surface area contributed by atoms with Crippen LogP contribution in [0.3, 0.4) is 0 Å². The van der Waals surface area contributed by atoms with E-state index in [2.05, 4.69) is 5.32 Å². The second-order valence-electron chi connectivity index (χ2n) is 7.54. The van der Waals surface area contributed by atoms with Crippen molar-refractivity contribution in [3.05, 3.63) is 53.1 Å². The number of carbonyl (C=O) groups excluding carboxylic acids is 1. The first-order valence-electron chi connectivity index (χ1n) is 10.2. The van der Waals surface area contributed by atoms with E-state index in [0.717, 1.165) is 5.56 Å². The Balaban J connectivity index is 1.57. The van der Waals surface area contributed by atoms with Crippen LogP contribution < -0.4 is 14.8 Å². The van der Waals surface area contributed by atoms with Crippen LogP contribution in [0.1, 0.15) is 18.5 Å². The van der Waals surface area contributed by atoms with Crippen molar-refractivity contribution in [3.63, 3.8) is 0 Å². The minimum atomic E-state index is -3.76. The maximum Gasteiger partial charge on any atom is 0.246 e. The highest BCUT2D eigenvalue weighted by Gasteiger charge is 2.31. The summed E-state index contributed by atoms with van der Waals surface area (Å²) in [5, 5.41) is 3.62. The minimum absolute atomic E-state index is 0.0716. The molecule has 0 saturated carbocycles. The Labute approximate surface area is 194 Å². The normalized spacial score (nSPS) is 16.4. The molecular formula is C22H28ClN3O5S. The van der Waals surface area contributed by atoms with Crippen LogP contribution in [0.25, 0.3) is 0 Å². The van der Waals surface area contributed by atoms with Crippen molar-refractivity contribution >= 4 is 27.5 Å². The number of ether oxygens (including phenoxy) is 2. The predicted octanol–water partition coefficient (Wildman–Crippen LogP) is 2.54. The van der Waals surface area contributed by atoms with Crippen LogP contribution in [0.15, 0.2) is 47.4 Å². The van der Waals surface area contributed by atoms with Crippen LogP contribution in [-0.2, 0) is 14.8 Å². The summed E-state index contributed by atoms with van der Waals surface area (Å²) in [4.78, 5) is 14.5.